The van der Waals surface area contributed by atoms with Gasteiger partial charge in [-0.2, -0.15) is 0 Å². The fourth-order valence-electron chi connectivity index (χ4n) is 3.12. The van der Waals surface area contributed by atoms with Crippen molar-refractivity contribution in [1.82, 2.24) is 4.90 Å². The third kappa shape index (κ3) is 3.95. The number of ether oxygens (including phenoxy) is 1. The quantitative estimate of drug-likeness (QED) is 0.817. The highest BCUT2D eigenvalue weighted by molar-refractivity contribution is 5.73. The molecule has 4 nitrogen and oxygen atoms in total. The zero-order chi connectivity index (χ0) is 12.8. The highest BCUT2D eigenvalue weighted by atomic mass is 16.5. The van der Waals surface area contributed by atoms with E-state index in [1.54, 1.807) is 0 Å². The average Bonchev–Trinajstić information content (AvgIpc) is 2.41. The van der Waals surface area contributed by atoms with Crippen molar-refractivity contribution in [3.8, 4) is 0 Å². The van der Waals surface area contributed by atoms with Crippen LogP contribution in [0.15, 0.2) is 0 Å². The van der Waals surface area contributed by atoms with E-state index in [2.05, 4.69) is 4.90 Å². The predicted molar refractivity (Wildman–Crippen MR) is 69.6 cm³/mol. The van der Waals surface area contributed by atoms with E-state index in [1.807, 2.05) is 0 Å². The molecule has 1 atom stereocenters. The van der Waals surface area contributed by atoms with Crippen molar-refractivity contribution in [3.05, 3.63) is 0 Å². The second-order valence-corrected chi connectivity index (χ2v) is 5.58. The number of carboxylic acid groups (broad SMARTS) is 1. The summed E-state index contributed by atoms with van der Waals surface area (Å²) in [7, 11) is 0. The Labute approximate surface area is 109 Å². The maximum Gasteiger partial charge on any atom is 0.320 e. The lowest BCUT2D eigenvalue weighted by atomic mass is 9.92. The maximum absolute atomic E-state index is 11.4. The number of rotatable bonds is 5. The van der Waals surface area contributed by atoms with Gasteiger partial charge in [-0.3, -0.25) is 9.69 Å². The molecule has 0 aromatic heterocycles. The van der Waals surface area contributed by atoms with Crippen LogP contribution in [-0.2, 0) is 9.53 Å². The predicted octanol–water partition coefficient (Wildman–Crippen LogP) is 2.13. The van der Waals surface area contributed by atoms with Crippen molar-refractivity contribution in [3.63, 3.8) is 0 Å². The first-order chi connectivity index (χ1) is 8.77. The molecule has 0 spiro atoms. The Kier molecular flexibility index (Phi) is 5.45. The van der Waals surface area contributed by atoms with E-state index in [-0.39, 0.29) is 6.04 Å². The Morgan fingerprint density at radius 2 is 1.89 bits per heavy atom. The highest BCUT2D eigenvalue weighted by Crippen LogP contribution is 2.23. The second-order valence-electron chi connectivity index (χ2n) is 5.58. The first-order valence-corrected chi connectivity index (χ1v) is 7.32. The van der Waals surface area contributed by atoms with E-state index >= 15 is 0 Å². The third-order valence-corrected chi connectivity index (χ3v) is 4.31. The normalized spacial score (nSPS) is 24.9. The molecule has 1 N–H and O–H groups in total. The van der Waals surface area contributed by atoms with Crippen molar-refractivity contribution in [2.24, 2.45) is 5.92 Å². The molecule has 0 aliphatic carbocycles. The molecule has 4 heteroatoms. The van der Waals surface area contributed by atoms with E-state index in [1.165, 1.54) is 6.42 Å². The first kappa shape index (κ1) is 13.8. The monoisotopic (exact) mass is 255 g/mol. The van der Waals surface area contributed by atoms with Crippen molar-refractivity contribution in [2.45, 2.75) is 51.0 Å². The summed E-state index contributed by atoms with van der Waals surface area (Å²) in [6, 6.07) is -0.256. The van der Waals surface area contributed by atoms with Crippen LogP contribution < -0.4 is 0 Å². The Morgan fingerprint density at radius 3 is 2.50 bits per heavy atom. The summed E-state index contributed by atoms with van der Waals surface area (Å²) in [5.74, 6) is 0.0364. The molecule has 2 rings (SSSR count). The van der Waals surface area contributed by atoms with Gasteiger partial charge in [-0.1, -0.05) is 6.42 Å². The molecule has 104 valence electrons. The zero-order valence-corrected chi connectivity index (χ0v) is 11.1. The van der Waals surface area contributed by atoms with Crippen molar-refractivity contribution >= 4 is 5.97 Å². The van der Waals surface area contributed by atoms with Crippen LogP contribution in [0.3, 0.4) is 0 Å². The van der Waals surface area contributed by atoms with Gasteiger partial charge in [0.25, 0.3) is 0 Å². The lowest BCUT2D eigenvalue weighted by Crippen LogP contribution is -2.44. The number of carboxylic acids is 1. The average molecular weight is 255 g/mol. The fourth-order valence-corrected chi connectivity index (χ4v) is 3.12. The summed E-state index contributed by atoms with van der Waals surface area (Å²) in [5, 5.41) is 9.39. The molecule has 0 saturated carbocycles. The first-order valence-electron chi connectivity index (χ1n) is 7.32. The van der Waals surface area contributed by atoms with Gasteiger partial charge in [-0.15, -0.1) is 0 Å². The maximum atomic E-state index is 11.4. The van der Waals surface area contributed by atoms with Crippen molar-refractivity contribution < 1.29 is 14.6 Å². The van der Waals surface area contributed by atoms with Crippen LogP contribution in [0.1, 0.15) is 44.9 Å². The molecule has 2 aliphatic rings. The van der Waals surface area contributed by atoms with E-state index in [4.69, 9.17) is 4.74 Å². The van der Waals surface area contributed by atoms with Gasteiger partial charge < -0.3 is 9.84 Å². The van der Waals surface area contributed by atoms with Crippen LogP contribution in [0, 0.1) is 5.92 Å². The molecule has 2 heterocycles. The summed E-state index contributed by atoms with van der Waals surface area (Å²) in [4.78, 5) is 13.6. The molecule has 0 radical (unpaired) electrons. The van der Waals surface area contributed by atoms with Crippen LogP contribution >= 0.6 is 0 Å². The molecule has 1 unspecified atom stereocenters. The Morgan fingerprint density at radius 1 is 1.22 bits per heavy atom. The van der Waals surface area contributed by atoms with Crippen molar-refractivity contribution in [2.75, 3.05) is 26.3 Å². The molecule has 0 bridgehead atoms. The number of likely N-dealkylation sites (tertiary alicyclic amines) is 1. The van der Waals surface area contributed by atoms with E-state index in [9.17, 15) is 9.90 Å². The van der Waals surface area contributed by atoms with Gasteiger partial charge in [0, 0.05) is 13.2 Å². The standard InChI is InChI=1S/C14H25NO3/c16-14(17)13(15-8-2-1-3-9-15)5-4-12-6-10-18-11-7-12/h12-13H,1-11H2,(H,16,17). The molecule has 18 heavy (non-hydrogen) atoms. The van der Waals surface area contributed by atoms with E-state index in [0.29, 0.717) is 5.92 Å². The molecule has 0 aromatic rings. The van der Waals surface area contributed by atoms with Crippen LogP contribution in [0.5, 0.6) is 0 Å². The second kappa shape index (κ2) is 7.10. The van der Waals surface area contributed by atoms with Gasteiger partial charge in [0.05, 0.1) is 0 Å². The smallest absolute Gasteiger partial charge is 0.320 e. The lowest BCUT2D eigenvalue weighted by molar-refractivity contribution is -0.144. The van der Waals surface area contributed by atoms with Gasteiger partial charge in [0.15, 0.2) is 0 Å². The van der Waals surface area contributed by atoms with Gasteiger partial charge in [-0.25, -0.2) is 0 Å². The van der Waals surface area contributed by atoms with Gasteiger partial charge in [0.1, 0.15) is 6.04 Å². The summed E-state index contributed by atoms with van der Waals surface area (Å²) in [6.07, 6.45) is 7.61. The molecule has 0 aromatic carbocycles. The number of piperidine rings is 1. The van der Waals surface area contributed by atoms with E-state index in [0.717, 1.165) is 64.8 Å². The largest absolute Gasteiger partial charge is 0.480 e. The Balaban J connectivity index is 1.79. The zero-order valence-electron chi connectivity index (χ0n) is 11.1. The minimum atomic E-state index is -0.635. The minimum absolute atomic E-state index is 0.256. The van der Waals surface area contributed by atoms with Gasteiger partial charge in [0.2, 0.25) is 0 Å². The van der Waals surface area contributed by atoms with Gasteiger partial charge >= 0.3 is 5.97 Å². The topological polar surface area (TPSA) is 49.8 Å². The number of aliphatic carboxylic acids is 1. The molecule has 2 aliphatic heterocycles. The number of nitrogens with zero attached hydrogens (tertiary/aromatic N) is 1. The van der Waals surface area contributed by atoms with Crippen LogP contribution in [0.4, 0.5) is 0 Å². The van der Waals surface area contributed by atoms with Crippen molar-refractivity contribution in [1.29, 1.82) is 0 Å². The minimum Gasteiger partial charge on any atom is -0.480 e. The fraction of sp³-hybridized carbons (Fsp3) is 0.929. The third-order valence-electron chi connectivity index (χ3n) is 4.31. The number of hydrogen-bond donors (Lipinski definition) is 1. The summed E-state index contributed by atoms with van der Waals surface area (Å²) in [5.41, 5.74) is 0. The lowest BCUT2D eigenvalue weighted by Gasteiger charge is -2.33. The summed E-state index contributed by atoms with van der Waals surface area (Å²) in [6.45, 7) is 3.63. The Hall–Kier alpha value is -0.610. The molecule has 2 saturated heterocycles. The Bertz CT molecular complexity index is 258. The summed E-state index contributed by atoms with van der Waals surface area (Å²) >= 11 is 0. The molecule has 0 amide bonds. The van der Waals surface area contributed by atoms with E-state index < -0.39 is 5.97 Å². The molecular weight excluding hydrogens is 230 g/mol. The molecule has 2 fully saturated rings. The SMILES string of the molecule is O=C(O)C(CCC1CCOCC1)N1CCCCC1. The summed E-state index contributed by atoms with van der Waals surface area (Å²) < 4.78 is 5.34. The van der Waals surface area contributed by atoms with Crippen LogP contribution in [-0.4, -0.2) is 48.3 Å². The molecular formula is C14H25NO3. The number of hydrogen-bond acceptors (Lipinski definition) is 3. The highest BCUT2D eigenvalue weighted by Gasteiger charge is 2.27. The van der Waals surface area contributed by atoms with Crippen LogP contribution in [0.2, 0.25) is 0 Å². The van der Waals surface area contributed by atoms with Crippen LogP contribution in [0.25, 0.3) is 0 Å². The number of carbonyl (C=O) groups is 1. The van der Waals surface area contributed by atoms with Gasteiger partial charge in [-0.05, 0) is 57.5 Å².